The molecule has 3 rings (SSSR count). The fourth-order valence-electron chi connectivity index (χ4n) is 4.54. The Balaban J connectivity index is 1.96. The minimum atomic E-state index is -0.143. The zero-order valence-electron chi connectivity index (χ0n) is 12.6. The molecule has 0 aliphatic heterocycles. The van der Waals surface area contributed by atoms with Crippen LogP contribution in [0.3, 0.4) is 0 Å². The van der Waals surface area contributed by atoms with E-state index < -0.39 is 0 Å². The molecule has 0 bridgehead atoms. The Labute approximate surface area is 121 Å². The van der Waals surface area contributed by atoms with E-state index in [0.29, 0.717) is 29.3 Å². The number of aromatic hydroxyl groups is 1. The standard InChI is InChI=1S/C18H24O2/c1-11-15-6-4-13-10-14(20)5-7-16(13)17(15)8-9-18(11,3)12(2)19/h5,7,10-11,15,17,20H,4,6,8-9H2,1-3H3. The van der Waals surface area contributed by atoms with Crippen molar-refractivity contribution < 1.29 is 9.90 Å². The van der Waals surface area contributed by atoms with Gasteiger partial charge in [-0.05, 0) is 73.6 Å². The first-order valence-electron chi connectivity index (χ1n) is 7.76. The Morgan fingerprint density at radius 3 is 2.80 bits per heavy atom. The van der Waals surface area contributed by atoms with Gasteiger partial charge in [-0.1, -0.05) is 19.9 Å². The molecule has 0 amide bonds. The number of carbonyl (C=O) groups is 1. The van der Waals surface area contributed by atoms with Gasteiger partial charge in [0.2, 0.25) is 0 Å². The molecule has 1 fully saturated rings. The molecule has 1 saturated carbocycles. The monoisotopic (exact) mass is 272 g/mol. The number of Topliss-reactive ketones (excluding diaryl/α,β-unsaturated/α-hetero) is 1. The second-order valence-electron chi connectivity index (χ2n) is 6.99. The third-order valence-corrected chi connectivity index (χ3v) is 6.22. The molecule has 2 nitrogen and oxygen atoms in total. The van der Waals surface area contributed by atoms with Crippen LogP contribution in [0.15, 0.2) is 18.2 Å². The number of aryl methyl sites for hydroxylation is 1. The van der Waals surface area contributed by atoms with Gasteiger partial charge in [-0.3, -0.25) is 4.79 Å². The number of phenolic OH excluding ortho intramolecular Hbond substituents is 1. The minimum absolute atomic E-state index is 0.143. The average molecular weight is 272 g/mol. The highest BCUT2D eigenvalue weighted by molar-refractivity contribution is 5.82. The molecule has 4 atom stereocenters. The van der Waals surface area contributed by atoms with E-state index in [4.69, 9.17) is 0 Å². The molecule has 108 valence electrons. The maximum Gasteiger partial charge on any atom is 0.135 e. The topological polar surface area (TPSA) is 37.3 Å². The number of rotatable bonds is 1. The Hall–Kier alpha value is -1.31. The molecule has 0 saturated heterocycles. The van der Waals surface area contributed by atoms with E-state index in [1.165, 1.54) is 11.1 Å². The Morgan fingerprint density at radius 2 is 2.10 bits per heavy atom. The highest BCUT2D eigenvalue weighted by atomic mass is 16.3. The summed E-state index contributed by atoms with van der Waals surface area (Å²) in [5.41, 5.74) is 2.58. The molecule has 2 aliphatic carbocycles. The van der Waals surface area contributed by atoms with Gasteiger partial charge in [0.1, 0.15) is 11.5 Å². The lowest BCUT2D eigenvalue weighted by Gasteiger charge is -2.49. The lowest BCUT2D eigenvalue weighted by atomic mass is 9.54. The fraction of sp³-hybridized carbons (Fsp3) is 0.611. The van der Waals surface area contributed by atoms with Crippen LogP contribution >= 0.6 is 0 Å². The van der Waals surface area contributed by atoms with Crippen molar-refractivity contribution in [3.8, 4) is 5.75 Å². The van der Waals surface area contributed by atoms with E-state index in [1.807, 2.05) is 12.1 Å². The summed E-state index contributed by atoms with van der Waals surface area (Å²) in [4.78, 5) is 12.1. The Kier molecular flexibility index (Phi) is 3.15. The molecule has 0 spiro atoms. The van der Waals surface area contributed by atoms with E-state index in [1.54, 1.807) is 6.92 Å². The van der Waals surface area contributed by atoms with E-state index in [2.05, 4.69) is 19.9 Å². The number of phenols is 1. The summed E-state index contributed by atoms with van der Waals surface area (Å²) in [6.45, 7) is 6.18. The maximum atomic E-state index is 12.1. The second kappa shape index (κ2) is 4.61. The molecule has 4 unspecified atom stereocenters. The molecule has 0 aromatic heterocycles. The molecular weight excluding hydrogens is 248 g/mol. The van der Waals surface area contributed by atoms with E-state index in [9.17, 15) is 9.90 Å². The van der Waals surface area contributed by atoms with Crippen LogP contribution in [0.5, 0.6) is 5.75 Å². The number of benzene rings is 1. The van der Waals surface area contributed by atoms with Gasteiger partial charge in [-0.25, -0.2) is 0 Å². The number of hydrogen-bond acceptors (Lipinski definition) is 2. The van der Waals surface area contributed by atoms with Gasteiger partial charge in [0, 0.05) is 5.41 Å². The number of hydrogen-bond donors (Lipinski definition) is 1. The van der Waals surface area contributed by atoms with Crippen molar-refractivity contribution in [1.29, 1.82) is 0 Å². The highest BCUT2D eigenvalue weighted by Gasteiger charge is 2.48. The van der Waals surface area contributed by atoms with Crippen LogP contribution in [0.25, 0.3) is 0 Å². The molecular formula is C18H24O2. The summed E-state index contributed by atoms with van der Waals surface area (Å²) in [6, 6.07) is 5.84. The number of ketones is 1. The minimum Gasteiger partial charge on any atom is -0.508 e. The quantitative estimate of drug-likeness (QED) is 0.837. The van der Waals surface area contributed by atoms with Crippen molar-refractivity contribution >= 4 is 5.78 Å². The molecule has 1 aromatic rings. The summed E-state index contributed by atoms with van der Waals surface area (Å²) in [7, 11) is 0. The number of fused-ring (bicyclic) bond motifs is 3. The zero-order valence-corrected chi connectivity index (χ0v) is 12.6. The van der Waals surface area contributed by atoms with Crippen molar-refractivity contribution in [1.82, 2.24) is 0 Å². The van der Waals surface area contributed by atoms with Crippen LogP contribution < -0.4 is 0 Å². The van der Waals surface area contributed by atoms with Crippen molar-refractivity contribution in [3.05, 3.63) is 29.3 Å². The summed E-state index contributed by atoms with van der Waals surface area (Å²) in [5.74, 6) is 2.34. The molecule has 0 heterocycles. The van der Waals surface area contributed by atoms with Crippen molar-refractivity contribution in [2.75, 3.05) is 0 Å². The van der Waals surface area contributed by atoms with Gasteiger partial charge < -0.3 is 5.11 Å². The maximum absolute atomic E-state index is 12.1. The summed E-state index contributed by atoms with van der Waals surface area (Å²) >= 11 is 0. The van der Waals surface area contributed by atoms with E-state index in [0.717, 1.165) is 25.7 Å². The van der Waals surface area contributed by atoms with Gasteiger partial charge in [-0.2, -0.15) is 0 Å². The van der Waals surface area contributed by atoms with Gasteiger partial charge in [0.05, 0.1) is 0 Å². The first-order chi connectivity index (χ1) is 9.43. The average Bonchev–Trinajstić information content (AvgIpc) is 2.42. The predicted octanol–water partition coefficient (Wildman–Crippen LogP) is 4.06. The van der Waals surface area contributed by atoms with Gasteiger partial charge in [0.25, 0.3) is 0 Å². The number of carbonyl (C=O) groups excluding carboxylic acids is 1. The fourth-order valence-corrected chi connectivity index (χ4v) is 4.54. The molecule has 0 radical (unpaired) electrons. The lowest BCUT2D eigenvalue weighted by Crippen LogP contribution is -2.44. The SMILES string of the molecule is CC(=O)C1(C)CCC2c3ccc(O)cc3CCC2C1C. The smallest absolute Gasteiger partial charge is 0.135 e. The molecule has 1 aromatic carbocycles. The van der Waals surface area contributed by atoms with Crippen molar-refractivity contribution in [2.24, 2.45) is 17.3 Å². The summed E-state index contributed by atoms with van der Waals surface area (Å²) in [6.07, 6.45) is 4.27. The molecule has 2 heteroatoms. The Bertz CT molecular complexity index is 548. The normalized spacial score (nSPS) is 36.0. The molecule has 2 aliphatic rings. The second-order valence-corrected chi connectivity index (χ2v) is 6.99. The van der Waals surface area contributed by atoms with Crippen LogP contribution in [0.4, 0.5) is 0 Å². The predicted molar refractivity (Wildman–Crippen MR) is 79.8 cm³/mol. The van der Waals surface area contributed by atoms with Gasteiger partial charge >= 0.3 is 0 Å². The highest BCUT2D eigenvalue weighted by Crippen LogP contribution is 2.54. The third kappa shape index (κ3) is 1.88. The summed E-state index contributed by atoms with van der Waals surface area (Å²) in [5, 5.41) is 9.65. The lowest BCUT2D eigenvalue weighted by molar-refractivity contribution is -0.132. The van der Waals surface area contributed by atoms with E-state index >= 15 is 0 Å². The first kappa shape index (κ1) is 13.7. The van der Waals surface area contributed by atoms with Crippen molar-refractivity contribution in [3.63, 3.8) is 0 Å². The van der Waals surface area contributed by atoms with Crippen LogP contribution in [0.2, 0.25) is 0 Å². The van der Waals surface area contributed by atoms with Gasteiger partial charge in [0.15, 0.2) is 0 Å². The molecule has 1 N–H and O–H groups in total. The van der Waals surface area contributed by atoms with Crippen molar-refractivity contribution in [2.45, 2.75) is 52.4 Å². The first-order valence-corrected chi connectivity index (χ1v) is 7.76. The third-order valence-electron chi connectivity index (χ3n) is 6.22. The van der Waals surface area contributed by atoms with Crippen LogP contribution in [0, 0.1) is 17.3 Å². The molecule has 20 heavy (non-hydrogen) atoms. The van der Waals surface area contributed by atoms with Crippen LogP contribution in [-0.4, -0.2) is 10.9 Å². The van der Waals surface area contributed by atoms with E-state index in [-0.39, 0.29) is 5.41 Å². The van der Waals surface area contributed by atoms with Gasteiger partial charge in [-0.15, -0.1) is 0 Å². The summed E-state index contributed by atoms with van der Waals surface area (Å²) < 4.78 is 0. The largest absolute Gasteiger partial charge is 0.508 e. The van der Waals surface area contributed by atoms with Crippen LogP contribution in [-0.2, 0) is 11.2 Å². The Morgan fingerprint density at radius 1 is 1.35 bits per heavy atom. The zero-order chi connectivity index (χ0) is 14.5. The van der Waals surface area contributed by atoms with Crippen LogP contribution in [0.1, 0.15) is 57.1 Å².